The van der Waals surface area contributed by atoms with Gasteiger partial charge in [-0.25, -0.2) is 0 Å². The van der Waals surface area contributed by atoms with Crippen LogP contribution in [-0.2, 0) is 22.4 Å². The Balaban J connectivity index is 0.000000602. The van der Waals surface area contributed by atoms with E-state index in [2.05, 4.69) is 0 Å². The standard InChI is InChI=1S/2C6H3N3O7.Ag/c2*10-6-4(8(13)14)1-3(7(11)12)2-5(6)9(15)16;/h2*1-2,10H;/q;;+2/p-2. The minimum absolute atomic E-state index is 0. The van der Waals surface area contributed by atoms with Crippen molar-refractivity contribution in [1.29, 1.82) is 0 Å². The Hall–Kier alpha value is -4.82. The number of rotatable bonds is 6. The van der Waals surface area contributed by atoms with E-state index in [9.17, 15) is 70.9 Å². The molecule has 0 atom stereocenters. The van der Waals surface area contributed by atoms with Crippen molar-refractivity contribution in [3.8, 4) is 11.5 Å². The molecule has 0 N–H and O–H groups in total. The Labute approximate surface area is 193 Å². The van der Waals surface area contributed by atoms with Gasteiger partial charge < -0.3 is 10.2 Å². The van der Waals surface area contributed by atoms with Crippen LogP contribution in [0.4, 0.5) is 34.1 Å². The summed E-state index contributed by atoms with van der Waals surface area (Å²) in [4.78, 5) is 55.0. The minimum Gasteiger partial charge on any atom is -0.863 e. The molecule has 0 saturated heterocycles. The average Bonchev–Trinajstić information content (AvgIpc) is 2.67. The fourth-order valence-electron chi connectivity index (χ4n) is 1.92. The summed E-state index contributed by atoms with van der Waals surface area (Å²) in [7, 11) is 0. The molecule has 0 aliphatic carbocycles. The van der Waals surface area contributed by atoms with Gasteiger partial charge in [0.25, 0.3) is 34.1 Å². The minimum atomic E-state index is -1.46. The molecule has 0 saturated carbocycles. The Morgan fingerprint density at radius 2 is 0.606 bits per heavy atom. The summed E-state index contributed by atoms with van der Waals surface area (Å²) < 4.78 is 0. The maximum Gasteiger partial charge on any atom is 2.00 e. The van der Waals surface area contributed by atoms with E-state index in [1.807, 2.05) is 0 Å². The van der Waals surface area contributed by atoms with Gasteiger partial charge in [-0.1, -0.05) is 0 Å². The Bertz CT molecular complexity index is 1020. The summed E-state index contributed by atoms with van der Waals surface area (Å²) in [6.45, 7) is 0. The average molecular weight is 564 g/mol. The van der Waals surface area contributed by atoms with Gasteiger partial charge in [-0.3, -0.25) is 60.7 Å². The van der Waals surface area contributed by atoms with E-state index in [1.54, 1.807) is 0 Å². The quantitative estimate of drug-likeness (QED) is 0.268. The van der Waals surface area contributed by atoms with Crippen molar-refractivity contribution < 1.29 is 62.1 Å². The SMILES string of the molecule is O=[N+]([O-])c1cc([N+](=O)[O-])c([O-])c([N+](=O)[O-])c1.O=[N+]([O-])c1cc([N+](=O)[O-])c([O-])c([N+](=O)[O-])c1.[Ag+2]. The largest absolute Gasteiger partial charge is 2.00 e. The summed E-state index contributed by atoms with van der Waals surface area (Å²) in [6.07, 6.45) is 0. The molecule has 2 aromatic rings. The summed E-state index contributed by atoms with van der Waals surface area (Å²) in [6, 6.07) is 1.54. The molecule has 33 heavy (non-hydrogen) atoms. The van der Waals surface area contributed by atoms with Crippen LogP contribution in [0.3, 0.4) is 0 Å². The van der Waals surface area contributed by atoms with E-state index in [1.165, 1.54) is 0 Å². The van der Waals surface area contributed by atoms with Crippen LogP contribution in [0.2, 0.25) is 0 Å². The monoisotopic (exact) mass is 563 g/mol. The van der Waals surface area contributed by atoms with Gasteiger partial charge in [0.1, 0.15) is 0 Å². The van der Waals surface area contributed by atoms with Crippen LogP contribution in [0.25, 0.3) is 0 Å². The Kier molecular flexibility index (Phi) is 9.38. The fraction of sp³-hybridized carbons (Fsp3) is 0. The fourth-order valence-corrected chi connectivity index (χ4v) is 1.92. The van der Waals surface area contributed by atoms with Crippen molar-refractivity contribution in [1.82, 2.24) is 0 Å². The van der Waals surface area contributed by atoms with Crippen molar-refractivity contribution in [2.24, 2.45) is 0 Å². The topological polar surface area (TPSA) is 305 Å². The van der Waals surface area contributed by atoms with Gasteiger partial charge >= 0.3 is 22.4 Å². The van der Waals surface area contributed by atoms with Crippen LogP contribution in [0.15, 0.2) is 24.3 Å². The van der Waals surface area contributed by atoms with Crippen molar-refractivity contribution in [2.75, 3.05) is 0 Å². The molecule has 0 bridgehead atoms. The summed E-state index contributed by atoms with van der Waals surface area (Å²) in [5.74, 6) is -2.92. The predicted octanol–water partition coefficient (Wildman–Crippen LogP) is 0.967. The number of benzene rings is 2. The second-order valence-electron chi connectivity index (χ2n) is 5.17. The molecule has 0 unspecified atom stereocenters. The molecule has 21 heteroatoms. The molecule has 2 aromatic carbocycles. The van der Waals surface area contributed by atoms with Crippen molar-refractivity contribution in [2.45, 2.75) is 0 Å². The summed E-state index contributed by atoms with van der Waals surface area (Å²) >= 11 is 0. The van der Waals surface area contributed by atoms with Gasteiger partial charge in [-0.05, 0) is 0 Å². The third-order valence-electron chi connectivity index (χ3n) is 3.28. The number of nitrogens with zero attached hydrogens (tertiary/aromatic N) is 6. The van der Waals surface area contributed by atoms with E-state index >= 15 is 0 Å². The number of nitro benzene ring substituents is 6. The molecule has 0 aromatic heterocycles. The first kappa shape index (κ1) is 28.2. The summed E-state index contributed by atoms with van der Waals surface area (Å²) in [5.41, 5.74) is -6.53. The van der Waals surface area contributed by atoms with E-state index in [0.29, 0.717) is 24.3 Å². The first-order valence-electron chi connectivity index (χ1n) is 7.25. The molecule has 20 nitrogen and oxygen atoms in total. The van der Waals surface area contributed by atoms with Gasteiger partial charge in [0.15, 0.2) is 0 Å². The molecule has 0 fully saturated rings. The van der Waals surface area contributed by atoms with E-state index in [4.69, 9.17) is 0 Å². The molecule has 0 heterocycles. The zero-order valence-corrected chi connectivity index (χ0v) is 16.5. The second kappa shape index (κ2) is 11.0. The number of hydrogen-bond acceptors (Lipinski definition) is 14. The Morgan fingerprint density at radius 3 is 0.727 bits per heavy atom. The van der Waals surface area contributed by atoms with Crippen LogP contribution in [0, 0.1) is 60.7 Å². The van der Waals surface area contributed by atoms with E-state index < -0.39 is 75.2 Å². The molecule has 0 amide bonds. The van der Waals surface area contributed by atoms with Gasteiger partial charge in [-0.15, -0.1) is 0 Å². The summed E-state index contributed by atoms with van der Waals surface area (Å²) in [5, 5.41) is 84.2. The van der Waals surface area contributed by atoms with Gasteiger partial charge in [-0.2, -0.15) is 0 Å². The zero-order chi connectivity index (χ0) is 24.9. The first-order valence-corrected chi connectivity index (χ1v) is 7.25. The smallest absolute Gasteiger partial charge is 0.863 e. The van der Waals surface area contributed by atoms with Crippen LogP contribution in [0.1, 0.15) is 0 Å². The molecule has 0 aliphatic rings. The van der Waals surface area contributed by atoms with Crippen LogP contribution in [0.5, 0.6) is 11.5 Å². The Morgan fingerprint density at radius 1 is 0.424 bits per heavy atom. The van der Waals surface area contributed by atoms with Crippen molar-refractivity contribution in [3.05, 3.63) is 85.0 Å². The predicted molar refractivity (Wildman–Crippen MR) is 91.7 cm³/mol. The molecule has 0 spiro atoms. The number of hydrogen-bond donors (Lipinski definition) is 0. The normalized spacial score (nSPS) is 9.45. The van der Waals surface area contributed by atoms with Gasteiger partial charge in [0.2, 0.25) is 0 Å². The van der Waals surface area contributed by atoms with Crippen molar-refractivity contribution in [3.63, 3.8) is 0 Å². The van der Waals surface area contributed by atoms with E-state index in [-0.39, 0.29) is 22.4 Å². The second-order valence-corrected chi connectivity index (χ2v) is 5.17. The molecule has 1 radical (unpaired) electrons. The van der Waals surface area contributed by atoms with Gasteiger partial charge in [0, 0.05) is 0 Å². The molecule has 0 aliphatic heterocycles. The third-order valence-corrected chi connectivity index (χ3v) is 3.28. The third kappa shape index (κ3) is 6.58. The number of non-ortho nitro benzene ring substituents is 2. The van der Waals surface area contributed by atoms with Crippen LogP contribution >= 0.6 is 0 Å². The molecular weight excluding hydrogens is 560 g/mol. The van der Waals surface area contributed by atoms with Crippen LogP contribution < -0.4 is 10.2 Å². The van der Waals surface area contributed by atoms with Crippen molar-refractivity contribution >= 4 is 34.1 Å². The zero-order valence-electron chi connectivity index (χ0n) is 15.0. The van der Waals surface area contributed by atoms with E-state index in [0.717, 1.165) is 0 Å². The molecule has 2 rings (SSSR count). The maximum atomic E-state index is 11.1. The molecular formula is C12H4AgN6O14. The van der Waals surface area contributed by atoms with Crippen LogP contribution in [-0.4, -0.2) is 29.5 Å². The first-order chi connectivity index (χ1) is 14.7. The van der Waals surface area contributed by atoms with Gasteiger partial charge in [0.05, 0.1) is 65.3 Å². The number of nitro groups is 6. The molecule has 177 valence electrons. The maximum absolute atomic E-state index is 11.1.